The topological polar surface area (TPSA) is 47.3 Å². The molecule has 4 nitrogen and oxygen atoms in total. The fraction of sp³-hybridized carbons (Fsp3) is 0.438. The number of rotatable bonds is 6. The summed E-state index contributed by atoms with van der Waals surface area (Å²) in [5.41, 5.74) is 2.82. The number of aliphatic hydroxyl groups is 1. The highest BCUT2D eigenvalue weighted by Crippen LogP contribution is 2.28. The van der Waals surface area contributed by atoms with E-state index in [9.17, 15) is 5.11 Å². The molecule has 1 aromatic carbocycles. The standard InChI is InChI=1S/C16H21BrN2O2/c1-4-19-14(16(17)11(3)18-19)10-15(20)12-7-6-8-13(9-12)21-5-2/h6-9,15,20H,4-5,10H2,1-3H3. The number of hydrogen-bond acceptors (Lipinski definition) is 3. The summed E-state index contributed by atoms with van der Waals surface area (Å²) < 4.78 is 8.38. The van der Waals surface area contributed by atoms with Gasteiger partial charge < -0.3 is 9.84 Å². The first-order chi connectivity index (χ1) is 10.1. The zero-order valence-corrected chi connectivity index (χ0v) is 14.2. The Bertz CT molecular complexity index is 610. The monoisotopic (exact) mass is 352 g/mol. The summed E-state index contributed by atoms with van der Waals surface area (Å²) in [5.74, 6) is 0.785. The lowest BCUT2D eigenvalue weighted by Gasteiger charge is -2.14. The fourth-order valence-corrected chi connectivity index (χ4v) is 2.79. The van der Waals surface area contributed by atoms with Crippen LogP contribution < -0.4 is 4.74 Å². The van der Waals surface area contributed by atoms with Crippen molar-refractivity contribution < 1.29 is 9.84 Å². The third-order valence-corrected chi connectivity index (χ3v) is 4.42. The first kappa shape index (κ1) is 16.0. The van der Waals surface area contributed by atoms with Crippen LogP contribution in [0.4, 0.5) is 0 Å². The number of nitrogens with zero attached hydrogens (tertiary/aromatic N) is 2. The molecule has 1 unspecified atom stereocenters. The summed E-state index contributed by atoms with van der Waals surface area (Å²) in [4.78, 5) is 0. The summed E-state index contributed by atoms with van der Waals surface area (Å²) in [6.07, 6.45) is -0.0618. The van der Waals surface area contributed by atoms with Crippen molar-refractivity contribution in [1.29, 1.82) is 0 Å². The van der Waals surface area contributed by atoms with E-state index >= 15 is 0 Å². The van der Waals surface area contributed by atoms with Gasteiger partial charge in [-0.05, 0) is 54.4 Å². The maximum absolute atomic E-state index is 10.5. The number of benzene rings is 1. The SMILES string of the molecule is CCOc1cccc(C(O)Cc2c(Br)c(C)nn2CC)c1. The van der Waals surface area contributed by atoms with Gasteiger partial charge in [0.15, 0.2) is 0 Å². The van der Waals surface area contributed by atoms with E-state index < -0.39 is 6.10 Å². The predicted molar refractivity (Wildman–Crippen MR) is 86.6 cm³/mol. The van der Waals surface area contributed by atoms with Gasteiger partial charge in [-0.1, -0.05) is 12.1 Å². The first-order valence-corrected chi connectivity index (χ1v) is 7.98. The summed E-state index contributed by atoms with van der Waals surface area (Å²) in [5, 5.41) is 15.0. The van der Waals surface area contributed by atoms with Crippen LogP contribution in [-0.2, 0) is 13.0 Å². The van der Waals surface area contributed by atoms with E-state index in [4.69, 9.17) is 4.74 Å². The van der Waals surface area contributed by atoms with Gasteiger partial charge in [-0.2, -0.15) is 5.10 Å². The van der Waals surface area contributed by atoms with Gasteiger partial charge in [0.1, 0.15) is 5.75 Å². The molecule has 0 fully saturated rings. The molecular formula is C16H21BrN2O2. The molecule has 1 N–H and O–H groups in total. The number of aromatic nitrogens is 2. The average molecular weight is 353 g/mol. The zero-order valence-electron chi connectivity index (χ0n) is 12.6. The van der Waals surface area contributed by atoms with Crippen LogP contribution in [0.2, 0.25) is 0 Å². The van der Waals surface area contributed by atoms with Crippen LogP contribution in [0.25, 0.3) is 0 Å². The van der Waals surface area contributed by atoms with Gasteiger partial charge in [0.25, 0.3) is 0 Å². The Morgan fingerprint density at radius 1 is 1.38 bits per heavy atom. The van der Waals surface area contributed by atoms with Crippen molar-refractivity contribution in [3.63, 3.8) is 0 Å². The van der Waals surface area contributed by atoms with Crippen LogP contribution in [0.15, 0.2) is 28.7 Å². The molecule has 0 spiro atoms. The molecule has 0 aliphatic rings. The van der Waals surface area contributed by atoms with E-state index in [0.29, 0.717) is 13.0 Å². The Balaban J connectivity index is 2.21. The largest absolute Gasteiger partial charge is 0.494 e. The van der Waals surface area contributed by atoms with E-state index in [-0.39, 0.29) is 0 Å². The Hall–Kier alpha value is -1.33. The highest BCUT2D eigenvalue weighted by Gasteiger charge is 2.17. The van der Waals surface area contributed by atoms with Crippen molar-refractivity contribution in [3.05, 3.63) is 45.7 Å². The summed E-state index contributed by atoms with van der Waals surface area (Å²) >= 11 is 3.56. The van der Waals surface area contributed by atoms with Gasteiger partial charge in [-0.25, -0.2) is 0 Å². The molecule has 0 saturated heterocycles. The van der Waals surface area contributed by atoms with Gasteiger partial charge in [0.2, 0.25) is 0 Å². The number of aliphatic hydroxyl groups excluding tert-OH is 1. The molecule has 0 aliphatic carbocycles. The second kappa shape index (κ2) is 7.09. The summed E-state index contributed by atoms with van der Waals surface area (Å²) in [6, 6.07) is 7.61. The molecular weight excluding hydrogens is 332 g/mol. The van der Waals surface area contributed by atoms with Crippen molar-refractivity contribution in [2.24, 2.45) is 0 Å². The fourth-order valence-electron chi connectivity index (χ4n) is 2.34. The predicted octanol–water partition coefficient (Wildman–Crippen LogP) is 3.65. The van der Waals surface area contributed by atoms with Crippen molar-refractivity contribution in [1.82, 2.24) is 9.78 Å². The van der Waals surface area contributed by atoms with Crippen LogP contribution in [0, 0.1) is 6.92 Å². The third-order valence-electron chi connectivity index (χ3n) is 3.39. The average Bonchev–Trinajstić information content (AvgIpc) is 2.75. The number of halogens is 1. The Morgan fingerprint density at radius 2 is 2.14 bits per heavy atom. The molecule has 2 rings (SSSR count). The number of ether oxygens (including phenoxy) is 1. The highest BCUT2D eigenvalue weighted by molar-refractivity contribution is 9.10. The Kier molecular flexibility index (Phi) is 5.42. The molecule has 1 aromatic heterocycles. The van der Waals surface area contributed by atoms with E-state index in [0.717, 1.165) is 33.7 Å². The smallest absolute Gasteiger partial charge is 0.119 e. The van der Waals surface area contributed by atoms with Crippen LogP contribution >= 0.6 is 15.9 Å². The lowest BCUT2D eigenvalue weighted by atomic mass is 10.0. The zero-order chi connectivity index (χ0) is 15.4. The minimum Gasteiger partial charge on any atom is -0.494 e. The lowest BCUT2D eigenvalue weighted by molar-refractivity contribution is 0.174. The van der Waals surface area contributed by atoms with Crippen molar-refractivity contribution in [2.75, 3.05) is 6.61 Å². The number of aryl methyl sites for hydroxylation is 2. The third kappa shape index (κ3) is 3.66. The van der Waals surface area contributed by atoms with Gasteiger partial charge in [0.05, 0.1) is 28.6 Å². The molecule has 114 valence electrons. The molecule has 0 radical (unpaired) electrons. The van der Waals surface area contributed by atoms with E-state index in [2.05, 4.69) is 21.0 Å². The summed E-state index contributed by atoms with van der Waals surface area (Å²) in [6.45, 7) is 7.36. The first-order valence-electron chi connectivity index (χ1n) is 7.19. The van der Waals surface area contributed by atoms with Gasteiger partial charge in [-0.3, -0.25) is 4.68 Å². The van der Waals surface area contributed by atoms with Crippen molar-refractivity contribution >= 4 is 15.9 Å². The molecule has 0 aliphatic heterocycles. The lowest BCUT2D eigenvalue weighted by Crippen LogP contribution is -2.09. The van der Waals surface area contributed by atoms with Crippen LogP contribution in [0.5, 0.6) is 5.75 Å². The minimum absolute atomic E-state index is 0.519. The normalized spacial score (nSPS) is 12.4. The number of hydrogen-bond donors (Lipinski definition) is 1. The van der Waals surface area contributed by atoms with Crippen molar-refractivity contribution in [3.8, 4) is 5.75 Å². The minimum atomic E-state index is -0.580. The molecule has 1 heterocycles. The Morgan fingerprint density at radius 3 is 2.81 bits per heavy atom. The molecule has 0 saturated carbocycles. The van der Waals surface area contributed by atoms with Gasteiger partial charge in [-0.15, -0.1) is 0 Å². The quantitative estimate of drug-likeness (QED) is 0.862. The van der Waals surface area contributed by atoms with Crippen LogP contribution in [-0.4, -0.2) is 21.5 Å². The van der Waals surface area contributed by atoms with Crippen molar-refractivity contribution in [2.45, 2.75) is 39.8 Å². The summed E-state index contributed by atoms with van der Waals surface area (Å²) in [7, 11) is 0. The van der Waals surface area contributed by atoms with Gasteiger partial charge in [0, 0.05) is 13.0 Å². The Labute approximate surface area is 133 Å². The molecule has 0 bridgehead atoms. The van der Waals surface area contributed by atoms with E-state index in [1.807, 2.05) is 49.7 Å². The molecule has 0 amide bonds. The van der Waals surface area contributed by atoms with Crippen LogP contribution in [0.3, 0.4) is 0 Å². The maximum atomic E-state index is 10.5. The van der Waals surface area contributed by atoms with Crippen LogP contribution in [0.1, 0.15) is 36.9 Å². The second-order valence-corrected chi connectivity index (χ2v) is 5.68. The van der Waals surface area contributed by atoms with Gasteiger partial charge >= 0.3 is 0 Å². The maximum Gasteiger partial charge on any atom is 0.119 e. The second-order valence-electron chi connectivity index (χ2n) is 4.89. The highest BCUT2D eigenvalue weighted by atomic mass is 79.9. The van der Waals surface area contributed by atoms with E-state index in [1.54, 1.807) is 0 Å². The molecule has 5 heteroatoms. The molecule has 2 aromatic rings. The molecule has 21 heavy (non-hydrogen) atoms. The van der Waals surface area contributed by atoms with E-state index in [1.165, 1.54) is 0 Å². The molecule has 1 atom stereocenters.